The normalized spacial score (nSPS) is 15.6. The van der Waals surface area contributed by atoms with E-state index >= 15 is 8.78 Å². The minimum absolute atomic E-state index is 0.0356. The number of hydrogen-bond acceptors (Lipinski definition) is 8. The number of halogens is 9. The Balaban J connectivity index is 1.49. The van der Waals surface area contributed by atoms with Gasteiger partial charge in [0.15, 0.2) is 10.8 Å². The summed E-state index contributed by atoms with van der Waals surface area (Å²) in [7, 11) is 0. The number of carbonyl (C=O) groups is 2. The zero-order chi connectivity index (χ0) is 40.2. The van der Waals surface area contributed by atoms with Crippen molar-refractivity contribution in [1.29, 1.82) is 0 Å². The van der Waals surface area contributed by atoms with E-state index in [-0.39, 0.29) is 44.4 Å². The molecule has 2 aromatic carbocycles. The van der Waals surface area contributed by atoms with E-state index in [1.54, 1.807) is 0 Å². The number of nitrogens with two attached hydrogens (primary N) is 1. The summed E-state index contributed by atoms with van der Waals surface area (Å²) in [6, 6.07) is 5.70. The third-order valence-corrected chi connectivity index (χ3v) is 9.55. The van der Waals surface area contributed by atoms with Gasteiger partial charge in [-0.2, -0.15) is 13.9 Å². The van der Waals surface area contributed by atoms with E-state index in [0.29, 0.717) is 10.8 Å². The van der Waals surface area contributed by atoms with Gasteiger partial charge in [0.05, 0.1) is 33.2 Å². The molecule has 20 heteroatoms. The molecule has 0 aliphatic heterocycles. The lowest BCUT2D eigenvalue weighted by molar-refractivity contribution is -0.123. The van der Waals surface area contributed by atoms with Crippen LogP contribution < -0.4 is 16.4 Å². The summed E-state index contributed by atoms with van der Waals surface area (Å²) in [6.07, 6.45) is -7.04. The number of hydrogen-bond donors (Lipinski definition) is 4. The number of fused-ring (bicyclic) bond motifs is 2. The molecule has 0 unspecified atom stereocenters. The summed E-state index contributed by atoms with van der Waals surface area (Å²) in [5, 5.41) is 19.2. The summed E-state index contributed by atoms with van der Waals surface area (Å²) in [6.45, 7) is 1.84. The monoisotopic (exact) mass is 799 g/mol. The quantitative estimate of drug-likeness (QED) is 0.0971. The maximum Gasteiger partial charge on any atom is 0.290 e. The second kappa shape index (κ2) is 14.4. The minimum Gasteiger partial charge on any atom is -0.389 e. The van der Waals surface area contributed by atoms with Crippen LogP contribution in [0.25, 0.3) is 21.5 Å². The molecule has 0 spiro atoms. The lowest BCUT2D eigenvalue weighted by atomic mass is 9.89. The molecule has 2 amide bonds. The molecule has 1 aliphatic carbocycles. The minimum atomic E-state index is -4.11. The Morgan fingerprint density at radius 1 is 0.982 bits per heavy atom. The summed E-state index contributed by atoms with van der Waals surface area (Å²) < 4.78 is 132. The van der Waals surface area contributed by atoms with Crippen molar-refractivity contribution >= 4 is 38.6 Å². The van der Waals surface area contributed by atoms with E-state index in [9.17, 15) is 45.4 Å². The lowest BCUT2D eigenvalue weighted by Crippen LogP contribution is -2.37. The number of nitrogens with one attached hydrogen (secondary N) is 2. The van der Waals surface area contributed by atoms with Gasteiger partial charge in [-0.15, -0.1) is 0 Å². The molecule has 1 aliphatic rings. The van der Waals surface area contributed by atoms with Gasteiger partial charge in [-0.1, -0.05) is 17.4 Å². The molecule has 3 heterocycles. The molecule has 5 N–H and O–H groups in total. The van der Waals surface area contributed by atoms with Gasteiger partial charge in [-0.05, 0) is 61.7 Å². The number of aromatic nitrogens is 4. The molecule has 0 bridgehead atoms. The molecule has 0 radical (unpaired) electrons. The molecule has 1 atom stereocenters. The first-order chi connectivity index (χ1) is 25.6. The third kappa shape index (κ3) is 8.38. The fraction of sp³-hybridized carbons (Fsp3) is 0.343. The highest BCUT2D eigenvalue weighted by Crippen LogP contribution is 2.52. The van der Waals surface area contributed by atoms with Gasteiger partial charge in [0, 0.05) is 31.0 Å². The number of nitrogens with zero attached hydrogens (tertiary/aromatic N) is 4. The van der Waals surface area contributed by atoms with E-state index in [0.717, 1.165) is 35.6 Å². The zero-order valence-electron chi connectivity index (χ0n) is 28.7. The standard InChI is InChI=1S/C35H30F9N7O3S/c1-33(2,54)14-46-32-49-31-23(55-32)12-19(16-3-4-21(38)20(10-16)30(45)53)26(48-31)22(9-15-7-17(36)11-18(37)8-15)47-24(52)13-51-28-25(27(50-51)29(39)40)34(41,42)5-6-35(28,43)44/h3-4,7-8,10-12,22,29,54H,5-6,9,13-14H2,1-2H3,(H2,45,53)(H,47,52)(H,46,48,49)/t22-/m0/s1. The van der Waals surface area contributed by atoms with Crippen LogP contribution >= 0.6 is 11.3 Å². The number of amides is 2. The number of primary amides is 1. The number of benzene rings is 2. The van der Waals surface area contributed by atoms with Crippen molar-refractivity contribution < 1.29 is 54.2 Å². The fourth-order valence-corrected chi connectivity index (χ4v) is 7.06. The molecule has 5 aromatic rings. The van der Waals surface area contributed by atoms with Crippen molar-refractivity contribution in [3.05, 3.63) is 93.7 Å². The van der Waals surface area contributed by atoms with Gasteiger partial charge in [-0.25, -0.2) is 40.7 Å². The highest BCUT2D eigenvalue weighted by Gasteiger charge is 2.55. The van der Waals surface area contributed by atoms with Crippen molar-refractivity contribution in [2.45, 2.75) is 69.6 Å². The average molecular weight is 800 g/mol. The molecule has 55 heavy (non-hydrogen) atoms. The molecule has 3 aromatic heterocycles. The Hall–Kier alpha value is -5.24. The van der Waals surface area contributed by atoms with Gasteiger partial charge >= 0.3 is 0 Å². The number of aliphatic hydroxyl groups is 1. The molecule has 0 fully saturated rings. The Morgan fingerprint density at radius 3 is 2.29 bits per heavy atom. The van der Waals surface area contributed by atoms with Crippen molar-refractivity contribution in [3.63, 3.8) is 0 Å². The predicted octanol–water partition coefficient (Wildman–Crippen LogP) is 7.27. The number of anilines is 1. The van der Waals surface area contributed by atoms with Gasteiger partial charge in [0.1, 0.15) is 35.4 Å². The van der Waals surface area contributed by atoms with Crippen molar-refractivity contribution in [2.75, 3.05) is 11.9 Å². The van der Waals surface area contributed by atoms with Crippen LogP contribution in [0.4, 0.5) is 44.6 Å². The van der Waals surface area contributed by atoms with Crippen molar-refractivity contribution in [1.82, 2.24) is 25.1 Å². The second-order valence-electron chi connectivity index (χ2n) is 13.6. The smallest absolute Gasteiger partial charge is 0.290 e. The van der Waals surface area contributed by atoms with Gasteiger partial charge in [-0.3, -0.25) is 14.3 Å². The molecule has 6 rings (SSSR count). The number of thiazole rings is 1. The molecule has 292 valence electrons. The van der Waals surface area contributed by atoms with Crippen LogP contribution in [0.15, 0.2) is 42.5 Å². The summed E-state index contributed by atoms with van der Waals surface area (Å²) in [5.41, 5.74) is -1.13. The van der Waals surface area contributed by atoms with Crippen LogP contribution in [0.1, 0.15) is 77.7 Å². The fourth-order valence-electron chi connectivity index (χ4n) is 6.22. The number of carbonyl (C=O) groups excluding carboxylic acids is 2. The van der Waals surface area contributed by atoms with Crippen molar-refractivity contribution in [3.8, 4) is 11.1 Å². The van der Waals surface area contributed by atoms with Crippen LogP contribution in [0.3, 0.4) is 0 Å². The van der Waals surface area contributed by atoms with E-state index < -0.39 is 108 Å². The predicted molar refractivity (Wildman–Crippen MR) is 181 cm³/mol. The molecular formula is C35H30F9N7O3S. The average Bonchev–Trinajstić information content (AvgIpc) is 3.67. The highest BCUT2D eigenvalue weighted by molar-refractivity contribution is 7.22. The van der Waals surface area contributed by atoms with E-state index in [1.807, 2.05) is 0 Å². The van der Waals surface area contributed by atoms with Crippen LogP contribution in [0, 0.1) is 17.5 Å². The lowest BCUT2D eigenvalue weighted by Gasteiger charge is -2.29. The van der Waals surface area contributed by atoms with Gasteiger partial charge in [0.25, 0.3) is 24.2 Å². The number of alkyl halides is 6. The molecule has 10 nitrogen and oxygen atoms in total. The zero-order valence-corrected chi connectivity index (χ0v) is 29.5. The van der Waals surface area contributed by atoms with E-state index in [2.05, 4.69) is 25.7 Å². The largest absolute Gasteiger partial charge is 0.389 e. The Bertz CT molecular complexity index is 2290. The second-order valence-corrected chi connectivity index (χ2v) is 14.6. The maximum absolute atomic E-state index is 15.1. The first-order valence-electron chi connectivity index (χ1n) is 16.4. The van der Waals surface area contributed by atoms with Crippen LogP contribution in [0.5, 0.6) is 0 Å². The van der Waals surface area contributed by atoms with Crippen LogP contribution in [-0.4, -0.2) is 48.8 Å². The first-order valence-corrected chi connectivity index (χ1v) is 17.2. The molecular weight excluding hydrogens is 769 g/mol. The first kappa shape index (κ1) is 39.5. The van der Waals surface area contributed by atoms with E-state index in [1.165, 1.54) is 26.0 Å². The third-order valence-electron chi connectivity index (χ3n) is 8.60. The SMILES string of the molecule is CC(C)(O)CNc1nc2nc([C@H](Cc3cc(F)cc(F)c3)NC(=O)Cn3nc(C(F)F)c4c3C(F)(F)CCC4(F)F)c(-c3ccc(F)c(C(N)=O)c3)cc2s1. The Morgan fingerprint density at radius 2 is 1.65 bits per heavy atom. The Kier molecular flexibility index (Phi) is 10.4. The molecule has 0 saturated heterocycles. The topological polar surface area (TPSA) is 148 Å². The number of pyridine rings is 1. The van der Waals surface area contributed by atoms with Crippen LogP contribution in [-0.2, 0) is 29.6 Å². The van der Waals surface area contributed by atoms with Gasteiger partial charge < -0.3 is 21.5 Å². The maximum atomic E-state index is 15.1. The number of rotatable bonds is 12. The van der Waals surface area contributed by atoms with Gasteiger partial charge in [0.2, 0.25) is 5.91 Å². The van der Waals surface area contributed by atoms with Crippen LogP contribution in [0.2, 0.25) is 0 Å². The van der Waals surface area contributed by atoms with Crippen molar-refractivity contribution in [2.24, 2.45) is 5.73 Å². The summed E-state index contributed by atoms with van der Waals surface area (Å²) >= 11 is 1.07. The molecule has 0 saturated carbocycles. The Labute approximate surface area is 309 Å². The van der Waals surface area contributed by atoms with E-state index in [4.69, 9.17) is 5.73 Å². The summed E-state index contributed by atoms with van der Waals surface area (Å²) in [4.78, 5) is 34.8. The highest BCUT2D eigenvalue weighted by atomic mass is 32.1. The summed E-state index contributed by atoms with van der Waals surface area (Å²) in [5.74, 6) is -13.6.